The average molecular weight is 347 g/mol. The number of hydrogen-bond acceptors (Lipinski definition) is 7. The minimum Gasteiger partial charge on any atom is -0.496 e. The number of aryl methyl sites for hydroxylation is 1. The molecule has 1 aliphatic heterocycles. The average Bonchev–Trinajstić information content (AvgIpc) is 3.08. The van der Waals surface area contributed by atoms with Gasteiger partial charge >= 0.3 is 0 Å². The first kappa shape index (κ1) is 17.7. The van der Waals surface area contributed by atoms with Gasteiger partial charge in [-0.15, -0.1) is 0 Å². The molecule has 2 atom stereocenters. The maximum atomic E-state index is 10.7. The second-order valence-corrected chi connectivity index (χ2v) is 6.28. The molecule has 1 aliphatic rings. The van der Waals surface area contributed by atoms with Crippen molar-refractivity contribution in [1.29, 1.82) is 0 Å². The molecule has 2 unspecified atom stereocenters. The summed E-state index contributed by atoms with van der Waals surface area (Å²) in [6.45, 7) is 5.16. The highest BCUT2D eigenvalue weighted by molar-refractivity contribution is 5.51. The molecule has 0 fully saturated rings. The van der Waals surface area contributed by atoms with Crippen LogP contribution in [0.3, 0.4) is 0 Å². The number of benzene rings is 1. The Balaban J connectivity index is 1.89. The number of ether oxygens (including phenoxy) is 2. The predicted octanol–water partition coefficient (Wildman–Crippen LogP) is 2.65. The SMILES string of the molecule is CCCc1noc(C(C)N2Cc3c(OC)ccc(OC)c3C(O)C2)n1. The molecule has 0 saturated carbocycles. The van der Waals surface area contributed by atoms with Crippen molar-refractivity contribution in [2.75, 3.05) is 20.8 Å². The van der Waals surface area contributed by atoms with Gasteiger partial charge in [-0.1, -0.05) is 12.1 Å². The summed E-state index contributed by atoms with van der Waals surface area (Å²) in [7, 11) is 3.24. The first-order valence-corrected chi connectivity index (χ1v) is 8.57. The van der Waals surface area contributed by atoms with Crippen LogP contribution in [0.15, 0.2) is 16.7 Å². The molecule has 3 rings (SSSR count). The molecule has 2 heterocycles. The monoisotopic (exact) mass is 347 g/mol. The van der Waals surface area contributed by atoms with Crippen molar-refractivity contribution in [3.8, 4) is 11.5 Å². The van der Waals surface area contributed by atoms with Gasteiger partial charge in [0.05, 0.1) is 26.4 Å². The Bertz CT molecular complexity index is 731. The fourth-order valence-corrected chi connectivity index (χ4v) is 3.32. The van der Waals surface area contributed by atoms with Gasteiger partial charge in [0.25, 0.3) is 0 Å². The lowest BCUT2D eigenvalue weighted by atomic mass is 9.94. The molecule has 136 valence electrons. The van der Waals surface area contributed by atoms with Crippen LogP contribution in [0.25, 0.3) is 0 Å². The molecule has 0 bridgehead atoms. The van der Waals surface area contributed by atoms with E-state index in [4.69, 9.17) is 14.0 Å². The molecule has 2 aromatic rings. The smallest absolute Gasteiger partial charge is 0.243 e. The fraction of sp³-hybridized carbons (Fsp3) is 0.556. The van der Waals surface area contributed by atoms with Gasteiger partial charge in [0.2, 0.25) is 5.89 Å². The van der Waals surface area contributed by atoms with Crippen LogP contribution in [0.1, 0.15) is 55.3 Å². The van der Waals surface area contributed by atoms with E-state index in [1.165, 1.54) is 0 Å². The van der Waals surface area contributed by atoms with Crippen molar-refractivity contribution >= 4 is 0 Å². The second-order valence-electron chi connectivity index (χ2n) is 6.28. The van der Waals surface area contributed by atoms with E-state index in [-0.39, 0.29) is 6.04 Å². The molecule has 25 heavy (non-hydrogen) atoms. The Morgan fingerprint density at radius 1 is 1.32 bits per heavy atom. The lowest BCUT2D eigenvalue weighted by Crippen LogP contribution is -2.36. The Labute approximate surface area is 147 Å². The second kappa shape index (κ2) is 7.41. The highest BCUT2D eigenvalue weighted by Crippen LogP contribution is 2.41. The largest absolute Gasteiger partial charge is 0.496 e. The van der Waals surface area contributed by atoms with Gasteiger partial charge in [0.1, 0.15) is 11.5 Å². The molecule has 1 aromatic heterocycles. The Hall–Kier alpha value is -2.12. The van der Waals surface area contributed by atoms with Crippen molar-refractivity contribution in [3.05, 3.63) is 35.0 Å². The highest BCUT2D eigenvalue weighted by atomic mass is 16.5. The van der Waals surface area contributed by atoms with Gasteiger partial charge < -0.3 is 19.1 Å². The van der Waals surface area contributed by atoms with E-state index in [2.05, 4.69) is 22.0 Å². The number of methoxy groups -OCH3 is 2. The third-order valence-electron chi connectivity index (χ3n) is 4.68. The summed E-state index contributed by atoms with van der Waals surface area (Å²) in [5.41, 5.74) is 1.73. The lowest BCUT2D eigenvalue weighted by Gasteiger charge is -2.36. The zero-order valence-corrected chi connectivity index (χ0v) is 15.2. The fourth-order valence-electron chi connectivity index (χ4n) is 3.32. The van der Waals surface area contributed by atoms with E-state index in [0.717, 1.165) is 35.5 Å². The predicted molar refractivity (Wildman–Crippen MR) is 91.6 cm³/mol. The Morgan fingerprint density at radius 2 is 2.04 bits per heavy atom. The molecule has 0 saturated heterocycles. The summed E-state index contributed by atoms with van der Waals surface area (Å²) in [4.78, 5) is 6.58. The van der Waals surface area contributed by atoms with Crippen LogP contribution in [0, 0.1) is 0 Å². The van der Waals surface area contributed by atoms with Crippen molar-refractivity contribution in [3.63, 3.8) is 0 Å². The summed E-state index contributed by atoms with van der Waals surface area (Å²) < 4.78 is 16.3. The molecule has 0 radical (unpaired) electrons. The number of aliphatic hydroxyl groups is 1. The van der Waals surface area contributed by atoms with Gasteiger partial charge in [-0.3, -0.25) is 4.90 Å². The number of fused-ring (bicyclic) bond motifs is 1. The molecule has 0 spiro atoms. The van der Waals surface area contributed by atoms with Crippen LogP contribution in [-0.2, 0) is 13.0 Å². The van der Waals surface area contributed by atoms with E-state index in [1.54, 1.807) is 14.2 Å². The first-order valence-electron chi connectivity index (χ1n) is 8.57. The molecule has 1 aromatic carbocycles. The van der Waals surface area contributed by atoms with E-state index in [9.17, 15) is 5.11 Å². The molecular weight excluding hydrogens is 322 g/mol. The van der Waals surface area contributed by atoms with Gasteiger partial charge in [-0.25, -0.2) is 0 Å². The molecular formula is C18H25N3O4. The summed E-state index contributed by atoms with van der Waals surface area (Å²) in [5.74, 6) is 2.71. The molecule has 7 heteroatoms. The third-order valence-corrected chi connectivity index (χ3v) is 4.68. The number of rotatable bonds is 6. The van der Waals surface area contributed by atoms with E-state index >= 15 is 0 Å². The quantitative estimate of drug-likeness (QED) is 0.860. The van der Waals surface area contributed by atoms with Crippen LogP contribution in [0.4, 0.5) is 0 Å². The summed E-state index contributed by atoms with van der Waals surface area (Å²) >= 11 is 0. The molecule has 1 N–H and O–H groups in total. The molecule has 0 aliphatic carbocycles. The van der Waals surface area contributed by atoms with Crippen LogP contribution in [0.2, 0.25) is 0 Å². The van der Waals surface area contributed by atoms with Crippen molar-refractivity contribution in [2.45, 2.75) is 45.4 Å². The number of aromatic nitrogens is 2. The number of aliphatic hydroxyl groups excluding tert-OH is 1. The Morgan fingerprint density at radius 3 is 2.72 bits per heavy atom. The maximum Gasteiger partial charge on any atom is 0.243 e. The summed E-state index contributed by atoms with van der Waals surface area (Å²) in [5, 5.41) is 14.7. The number of β-amino-alcohol motifs (C(OH)–C–C–N with tert-alkyl or cyclic N) is 1. The minimum absolute atomic E-state index is 0.100. The van der Waals surface area contributed by atoms with Crippen molar-refractivity contribution in [1.82, 2.24) is 15.0 Å². The summed E-state index contributed by atoms with van der Waals surface area (Å²) in [6.07, 6.45) is 1.10. The number of hydrogen-bond donors (Lipinski definition) is 1. The molecule has 7 nitrogen and oxygen atoms in total. The van der Waals surface area contributed by atoms with E-state index in [1.807, 2.05) is 19.1 Å². The molecule has 0 amide bonds. The van der Waals surface area contributed by atoms with Crippen LogP contribution < -0.4 is 9.47 Å². The van der Waals surface area contributed by atoms with Crippen LogP contribution in [-0.4, -0.2) is 40.9 Å². The van der Waals surface area contributed by atoms with E-state index in [0.29, 0.717) is 24.7 Å². The standard InChI is InChI=1S/C18H25N3O4/c1-5-6-16-19-18(25-20-16)11(2)21-9-12-14(23-3)7-8-15(24-4)17(12)13(22)10-21/h7-8,11,13,22H,5-6,9-10H2,1-4H3. The normalized spacial score (nSPS) is 18.7. The zero-order valence-electron chi connectivity index (χ0n) is 15.2. The van der Waals surface area contributed by atoms with Gasteiger partial charge in [0, 0.05) is 30.6 Å². The van der Waals surface area contributed by atoms with Gasteiger partial charge in [0.15, 0.2) is 5.82 Å². The highest BCUT2D eigenvalue weighted by Gasteiger charge is 2.33. The van der Waals surface area contributed by atoms with Crippen molar-refractivity contribution < 1.29 is 19.1 Å². The zero-order chi connectivity index (χ0) is 18.0. The maximum absolute atomic E-state index is 10.7. The van der Waals surface area contributed by atoms with Crippen molar-refractivity contribution in [2.24, 2.45) is 0 Å². The van der Waals surface area contributed by atoms with Crippen LogP contribution in [0.5, 0.6) is 11.5 Å². The first-order chi connectivity index (χ1) is 12.1. The minimum atomic E-state index is -0.672. The van der Waals surface area contributed by atoms with Crippen LogP contribution >= 0.6 is 0 Å². The topological polar surface area (TPSA) is 80.9 Å². The lowest BCUT2D eigenvalue weighted by molar-refractivity contribution is 0.0567. The van der Waals surface area contributed by atoms with E-state index < -0.39 is 6.10 Å². The third kappa shape index (κ3) is 3.34. The summed E-state index contributed by atoms with van der Waals surface area (Å²) in [6, 6.07) is 3.59. The van der Waals surface area contributed by atoms with Gasteiger partial charge in [-0.05, 0) is 25.5 Å². The van der Waals surface area contributed by atoms with Gasteiger partial charge in [-0.2, -0.15) is 4.98 Å². The number of nitrogens with zero attached hydrogens (tertiary/aromatic N) is 3. The Kier molecular flexibility index (Phi) is 5.24.